The van der Waals surface area contributed by atoms with Crippen LogP contribution >= 0.6 is 0 Å². The van der Waals surface area contributed by atoms with Crippen LogP contribution in [0.15, 0.2) is 77.7 Å². The summed E-state index contributed by atoms with van der Waals surface area (Å²) in [6, 6.07) is 5.61. The molecule has 0 bridgehead atoms. The Labute approximate surface area is 484 Å². The fourth-order valence-corrected chi connectivity index (χ4v) is 14.1. The lowest BCUT2D eigenvalue weighted by Crippen LogP contribution is -2.57. The molecule has 15 nitrogen and oxygen atoms in total. The number of ketones is 2. The van der Waals surface area contributed by atoms with E-state index in [0.29, 0.717) is 87.5 Å². The van der Waals surface area contributed by atoms with E-state index in [1.54, 1.807) is 11.9 Å². The number of hydrogen-bond acceptors (Lipinski definition) is 10. The molecule has 81 heavy (non-hydrogen) atoms. The summed E-state index contributed by atoms with van der Waals surface area (Å²) < 4.78 is 0. The molecule has 1 aromatic rings. The second-order valence-corrected chi connectivity index (χ2v) is 24.6. The number of allylic oxidation sites excluding steroid dienone is 4. The van der Waals surface area contributed by atoms with Gasteiger partial charge in [-0.2, -0.15) is 4.91 Å². The molecule has 3 aliphatic carbocycles. The standard InChI is InChI=1S/C66H99N7O8/c1-7-52(44(4)5)63(77)72-62-50(43-69-81)37-38-51-39-40-56(73(51)66(62)80)65(79)71-61(47-28-20-17-21-29-47)58(75)30-22-13-11-10-12-14-23-32-59(76)68-42-49-36-34-46-33-35-48(57(74)31-24-27-45-25-18-15-16-19-26-45)41-54(46)53(8-2)60(49)70-64(78)55(9-3)67-6/h15,17-21,26,28-29,44-46,48-52,54-56,60-62,67H,2,7,9-14,16,22-25,27,30-43H2,1,3-6H3,(H,68,76)(H,70,78)(H,71,79)(H,72,77). The summed E-state index contributed by atoms with van der Waals surface area (Å²) in [5.74, 6) is -0.621. The van der Waals surface area contributed by atoms with Gasteiger partial charge >= 0.3 is 0 Å². The van der Waals surface area contributed by atoms with E-state index in [4.69, 9.17) is 0 Å². The van der Waals surface area contributed by atoms with Gasteiger partial charge in [-0.05, 0) is 151 Å². The molecule has 446 valence electrons. The Morgan fingerprint density at radius 3 is 2.15 bits per heavy atom. The Hall–Kier alpha value is -5.53. The number of nitrogens with one attached hydrogen (secondary N) is 5. The van der Waals surface area contributed by atoms with E-state index >= 15 is 0 Å². The molecule has 1 aromatic carbocycles. The number of unbranched alkanes of at least 4 members (excludes halogenated alkanes) is 6. The molecule has 15 heteroatoms. The minimum absolute atomic E-state index is 0.00132. The van der Waals surface area contributed by atoms with Crippen molar-refractivity contribution in [1.82, 2.24) is 31.5 Å². The van der Waals surface area contributed by atoms with E-state index in [9.17, 15) is 38.5 Å². The molecule has 0 radical (unpaired) electrons. The maximum atomic E-state index is 14.4. The van der Waals surface area contributed by atoms with E-state index in [2.05, 4.69) is 68.4 Å². The molecular formula is C66H99N7O8. The number of nitrogens with zero attached hydrogens (tertiary/aromatic N) is 2. The highest BCUT2D eigenvalue weighted by Crippen LogP contribution is 2.46. The van der Waals surface area contributed by atoms with Crippen LogP contribution in [0.3, 0.4) is 0 Å². The third-order valence-corrected chi connectivity index (χ3v) is 18.9. The zero-order chi connectivity index (χ0) is 58.3. The Morgan fingerprint density at radius 1 is 0.765 bits per heavy atom. The SMILES string of the molecule is C=C=C1C2CC(C(=O)CCCC3C=CCC=CC3)CCC2CCC(CNC(=O)CCCCCCCCCC(=O)C(NC(=O)C2CCC3CCC(CN=O)C(NC(=O)C(CC)C(C)C)C(=O)N32)c2ccccc2)C1NC(=O)C(CC)NC. The number of benzene rings is 1. The number of fused-ring (bicyclic) bond motifs is 2. The lowest BCUT2D eigenvalue weighted by molar-refractivity contribution is -0.144. The number of rotatable bonds is 31. The predicted molar refractivity (Wildman–Crippen MR) is 319 cm³/mol. The largest absolute Gasteiger partial charge is 0.356 e. The van der Waals surface area contributed by atoms with Gasteiger partial charge in [0.1, 0.15) is 23.9 Å². The second kappa shape index (κ2) is 33.5. The highest BCUT2D eigenvalue weighted by atomic mass is 16.3. The number of nitroso groups, excluding NO2 is 1. The van der Waals surface area contributed by atoms with Gasteiger partial charge in [0.15, 0.2) is 5.78 Å². The quantitative estimate of drug-likeness (QED) is 0.0207. The first kappa shape index (κ1) is 64.6. The van der Waals surface area contributed by atoms with Crippen molar-refractivity contribution in [2.45, 2.75) is 224 Å². The number of hydrogen-bond donors (Lipinski definition) is 5. The molecule has 2 saturated carbocycles. The summed E-state index contributed by atoms with van der Waals surface area (Å²) in [7, 11) is 1.80. The van der Waals surface area contributed by atoms with Gasteiger partial charge < -0.3 is 31.5 Å². The molecule has 0 aromatic heterocycles. The van der Waals surface area contributed by atoms with Gasteiger partial charge in [0.25, 0.3) is 0 Å². The van der Waals surface area contributed by atoms with Gasteiger partial charge in [-0.15, -0.1) is 5.73 Å². The van der Waals surface area contributed by atoms with Crippen molar-refractivity contribution in [2.24, 2.45) is 52.5 Å². The Morgan fingerprint density at radius 2 is 1.46 bits per heavy atom. The lowest BCUT2D eigenvalue weighted by atomic mass is 9.68. The topological polar surface area (TPSA) is 212 Å². The zero-order valence-electron chi connectivity index (χ0n) is 49.7. The van der Waals surface area contributed by atoms with Crippen molar-refractivity contribution in [1.29, 1.82) is 0 Å². The molecular weight excluding hydrogens is 1020 g/mol. The molecule has 6 rings (SSSR count). The average molecular weight is 1120 g/mol. The van der Waals surface area contributed by atoms with Gasteiger partial charge in [0.05, 0.1) is 18.6 Å². The summed E-state index contributed by atoms with van der Waals surface area (Å²) in [6.07, 6.45) is 28.1. The van der Waals surface area contributed by atoms with E-state index in [-0.39, 0.29) is 90.1 Å². The van der Waals surface area contributed by atoms with Crippen molar-refractivity contribution in [3.05, 3.63) is 83.0 Å². The third-order valence-electron chi connectivity index (χ3n) is 18.9. The van der Waals surface area contributed by atoms with Gasteiger partial charge in [0.2, 0.25) is 29.5 Å². The van der Waals surface area contributed by atoms with Crippen LogP contribution in [0.5, 0.6) is 0 Å². The molecule has 2 heterocycles. The molecule has 13 unspecified atom stereocenters. The van der Waals surface area contributed by atoms with Crippen molar-refractivity contribution < 1.29 is 33.6 Å². The van der Waals surface area contributed by atoms with Crippen LogP contribution in [-0.2, 0) is 33.6 Å². The van der Waals surface area contributed by atoms with Crippen LogP contribution in [0.1, 0.15) is 200 Å². The van der Waals surface area contributed by atoms with Gasteiger partial charge in [-0.1, -0.05) is 126 Å². The van der Waals surface area contributed by atoms with E-state index < -0.39 is 30.0 Å². The Bertz CT molecular complexity index is 2360. The van der Waals surface area contributed by atoms with Crippen molar-refractivity contribution in [2.75, 3.05) is 20.1 Å². The molecule has 2 saturated heterocycles. The van der Waals surface area contributed by atoms with E-state index in [1.807, 2.05) is 58.0 Å². The smallest absolute Gasteiger partial charge is 0.246 e. The second-order valence-electron chi connectivity index (χ2n) is 24.6. The molecule has 13 atom stereocenters. The molecule has 5 aliphatic rings. The highest BCUT2D eigenvalue weighted by Gasteiger charge is 2.49. The number of amides is 5. The normalized spacial score (nSPS) is 26.6. The van der Waals surface area contributed by atoms with Crippen LogP contribution in [0.4, 0.5) is 0 Å². The maximum Gasteiger partial charge on any atom is 0.246 e. The van der Waals surface area contributed by atoms with Crippen molar-refractivity contribution in [3.8, 4) is 0 Å². The fraction of sp³-hybridized carbons (Fsp3) is 0.697. The highest BCUT2D eigenvalue weighted by molar-refractivity contribution is 5.96. The number of carbonyl (C=O) groups excluding carboxylic acids is 7. The minimum Gasteiger partial charge on any atom is -0.356 e. The van der Waals surface area contributed by atoms with Crippen molar-refractivity contribution >= 4 is 41.1 Å². The fourth-order valence-electron chi connectivity index (χ4n) is 14.1. The summed E-state index contributed by atoms with van der Waals surface area (Å²) in [5, 5.41) is 18.9. The molecule has 4 fully saturated rings. The number of carbonyl (C=O) groups is 7. The van der Waals surface area contributed by atoms with Crippen LogP contribution < -0.4 is 26.6 Å². The minimum atomic E-state index is -0.973. The average Bonchev–Trinajstić information content (AvgIpc) is 3.86. The van der Waals surface area contributed by atoms with Gasteiger partial charge in [-0.25, -0.2) is 0 Å². The molecule has 2 aliphatic heterocycles. The zero-order valence-corrected chi connectivity index (χ0v) is 49.7. The van der Waals surface area contributed by atoms with Gasteiger partial charge in [-0.3, -0.25) is 33.6 Å². The summed E-state index contributed by atoms with van der Waals surface area (Å²) >= 11 is 0. The lowest BCUT2D eigenvalue weighted by Gasteiger charge is -2.37. The predicted octanol–water partition coefficient (Wildman–Crippen LogP) is 10.6. The maximum absolute atomic E-state index is 14.4. The molecule has 0 spiro atoms. The summed E-state index contributed by atoms with van der Waals surface area (Å²) in [4.78, 5) is 110. The van der Waals surface area contributed by atoms with E-state index in [0.717, 1.165) is 102 Å². The van der Waals surface area contributed by atoms with Crippen LogP contribution in [-0.4, -0.2) is 96.3 Å². The molecule has 5 N–H and O–H groups in total. The third kappa shape index (κ3) is 18.5. The monoisotopic (exact) mass is 1120 g/mol. The number of Topliss-reactive ketones (excluding diaryl/α,β-unsaturated/α-hetero) is 2. The summed E-state index contributed by atoms with van der Waals surface area (Å²) in [6.45, 7) is 12.3. The van der Waals surface area contributed by atoms with Crippen LogP contribution in [0.25, 0.3) is 0 Å². The van der Waals surface area contributed by atoms with Crippen LogP contribution in [0.2, 0.25) is 0 Å². The van der Waals surface area contributed by atoms with Crippen LogP contribution in [0, 0.1) is 52.3 Å². The first-order valence-corrected chi connectivity index (χ1v) is 31.5. The summed E-state index contributed by atoms with van der Waals surface area (Å²) in [5.41, 5.74) is 4.96. The first-order valence-electron chi connectivity index (χ1n) is 31.5. The Kier molecular flexibility index (Phi) is 26.8. The van der Waals surface area contributed by atoms with Gasteiger partial charge in [0, 0.05) is 55.5 Å². The Balaban J connectivity index is 0.944. The molecule has 5 amide bonds. The van der Waals surface area contributed by atoms with E-state index in [1.165, 1.54) is 0 Å². The number of likely N-dealkylation sites (N-methyl/N-ethyl adjacent to an activating group) is 1. The van der Waals surface area contributed by atoms with Crippen molar-refractivity contribution in [3.63, 3.8) is 0 Å². The first-order chi connectivity index (χ1) is 39.2.